The fraction of sp³-hybridized carbons (Fsp3) is 0.417. The number of hydrogen-bond donors (Lipinski definition) is 2. The van der Waals surface area contributed by atoms with Gasteiger partial charge in [0.2, 0.25) is 11.8 Å². The number of rotatable bonds is 7. The van der Waals surface area contributed by atoms with E-state index in [9.17, 15) is 14.4 Å². The first-order valence-electron chi connectivity index (χ1n) is 11.3. The summed E-state index contributed by atoms with van der Waals surface area (Å²) in [5.41, 5.74) is 2.26. The van der Waals surface area contributed by atoms with E-state index in [0.29, 0.717) is 17.7 Å². The highest BCUT2D eigenvalue weighted by atomic mass is 16.2. The molecule has 8 heteroatoms. The third kappa shape index (κ3) is 4.04. The normalized spacial score (nSPS) is 19.8. The fourth-order valence-corrected chi connectivity index (χ4v) is 4.55. The van der Waals surface area contributed by atoms with E-state index in [-0.39, 0.29) is 30.3 Å². The molecule has 2 aromatic rings. The van der Waals surface area contributed by atoms with Gasteiger partial charge in [-0.15, -0.1) is 0 Å². The lowest BCUT2D eigenvalue weighted by atomic mass is 10.0. The van der Waals surface area contributed by atoms with E-state index in [4.69, 9.17) is 0 Å². The van der Waals surface area contributed by atoms with Crippen molar-refractivity contribution in [3.05, 3.63) is 59.3 Å². The zero-order chi connectivity index (χ0) is 22.1. The molecule has 1 unspecified atom stereocenters. The van der Waals surface area contributed by atoms with Crippen LogP contribution in [0, 0.1) is 0 Å². The van der Waals surface area contributed by atoms with Crippen LogP contribution in [0.2, 0.25) is 0 Å². The smallest absolute Gasteiger partial charge is 0.255 e. The van der Waals surface area contributed by atoms with Crippen molar-refractivity contribution >= 4 is 23.5 Å². The van der Waals surface area contributed by atoms with Gasteiger partial charge in [-0.25, -0.2) is 4.98 Å². The average molecular weight is 434 g/mol. The second-order valence-corrected chi connectivity index (χ2v) is 8.64. The molecular formula is C24H27N5O3. The summed E-state index contributed by atoms with van der Waals surface area (Å²) in [6.45, 7) is 2.27. The number of aromatic nitrogens is 1. The molecule has 0 bridgehead atoms. The summed E-state index contributed by atoms with van der Waals surface area (Å²) in [4.78, 5) is 46.5. The Bertz CT molecular complexity index is 1050. The second kappa shape index (κ2) is 8.61. The maximum atomic E-state index is 13.0. The van der Waals surface area contributed by atoms with Crippen LogP contribution < -0.4 is 15.5 Å². The minimum absolute atomic E-state index is 0.0980. The van der Waals surface area contributed by atoms with Crippen LogP contribution in [0.5, 0.6) is 0 Å². The van der Waals surface area contributed by atoms with E-state index in [0.717, 1.165) is 37.3 Å². The van der Waals surface area contributed by atoms with Gasteiger partial charge in [0.25, 0.3) is 5.91 Å². The van der Waals surface area contributed by atoms with Crippen molar-refractivity contribution in [2.45, 2.75) is 44.3 Å². The van der Waals surface area contributed by atoms with Crippen LogP contribution >= 0.6 is 0 Å². The summed E-state index contributed by atoms with van der Waals surface area (Å²) in [5, 5.41) is 5.58. The number of benzene rings is 1. The van der Waals surface area contributed by atoms with E-state index in [1.165, 1.54) is 12.8 Å². The highest BCUT2D eigenvalue weighted by molar-refractivity contribution is 6.05. The number of anilines is 1. The summed E-state index contributed by atoms with van der Waals surface area (Å²) >= 11 is 0. The van der Waals surface area contributed by atoms with Gasteiger partial charge < -0.3 is 20.4 Å². The van der Waals surface area contributed by atoms with Crippen LogP contribution in [0.25, 0.3) is 0 Å². The molecule has 3 heterocycles. The molecule has 1 saturated heterocycles. The highest BCUT2D eigenvalue weighted by Crippen LogP contribution is 2.41. The van der Waals surface area contributed by atoms with E-state index in [1.807, 2.05) is 30.3 Å². The van der Waals surface area contributed by atoms with Crippen LogP contribution in [0.15, 0.2) is 42.6 Å². The summed E-state index contributed by atoms with van der Waals surface area (Å²) in [5.74, 6) is 0.255. The zero-order valence-corrected chi connectivity index (χ0v) is 17.9. The molecule has 0 radical (unpaired) electrons. The number of hydrogen-bond acceptors (Lipinski definition) is 5. The van der Waals surface area contributed by atoms with Gasteiger partial charge in [0.15, 0.2) is 0 Å². The van der Waals surface area contributed by atoms with Gasteiger partial charge in [0.1, 0.15) is 11.9 Å². The fourth-order valence-electron chi connectivity index (χ4n) is 4.55. The maximum Gasteiger partial charge on any atom is 0.255 e. The Labute approximate surface area is 187 Å². The topological polar surface area (TPSA) is 94.6 Å². The van der Waals surface area contributed by atoms with Crippen molar-refractivity contribution < 1.29 is 14.4 Å². The zero-order valence-electron chi connectivity index (χ0n) is 17.9. The number of nitrogens with zero attached hydrogens (tertiary/aromatic N) is 3. The number of pyridine rings is 1. The first-order valence-corrected chi connectivity index (χ1v) is 11.3. The molecule has 1 aromatic heterocycles. The predicted octanol–water partition coefficient (Wildman–Crippen LogP) is 1.77. The molecule has 1 aliphatic carbocycles. The lowest BCUT2D eigenvalue weighted by molar-refractivity contribution is -0.129. The Kier molecular flexibility index (Phi) is 5.51. The first kappa shape index (κ1) is 20.5. The minimum Gasteiger partial charge on any atom is -0.357 e. The summed E-state index contributed by atoms with van der Waals surface area (Å²) < 4.78 is 0. The lowest BCUT2D eigenvalue weighted by Crippen LogP contribution is -2.43. The number of carbonyl (C=O) groups excluding carboxylic acids is 3. The Morgan fingerprint density at radius 2 is 1.84 bits per heavy atom. The van der Waals surface area contributed by atoms with Crippen LogP contribution in [-0.4, -0.2) is 53.3 Å². The Morgan fingerprint density at radius 3 is 2.62 bits per heavy atom. The average Bonchev–Trinajstić information content (AvgIpc) is 3.40. The van der Waals surface area contributed by atoms with Crippen molar-refractivity contribution in [1.29, 1.82) is 0 Å². The molecule has 3 amide bonds. The van der Waals surface area contributed by atoms with E-state index >= 15 is 0 Å². The standard InChI is InChI=1S/C24H27N5O3/c30-21(26-14-16-9-10-25-20(13-16)28-11-3-4-12-28)15-27-23(31)22-18-5-1-2-6-19(18)24(32)29(22)17-7-8-17/h1-2,5-6,9-10,13,17,22H,3-4,7-8,11-12,14-15H2,(H,26,30)(H,27,31). The summed E-state index contributed by atoms with van der Waals surface area (Å²) in [6.07, 6.45) is 5.94. The first-order chi connectivity index (χ1) is 15.6. The van der Waals surface area contributed by atoms with Gasteiger partial charge in [0, 0.05) is 37.4 Å². The molecule has 166 valence electrons. The SMILES string of the molecule is O=C(CNC(=O)C1c2ccccc2C(=O)N1C1CC1)NCc1ccnc(N2CCCC2)c1. The summed E-state index contributed by atoms with van der Waals surface area (Å²) in [7, 11) is 0. The van der Waals surface area contributed by atoms with Crippen LogP contribution in [0.1, 0.15) is 53.2 Å². The molecule has 2 aliphatic heterocycles. The predicted molar refractivity (Wildman–Crippen MR) is 119 cm³/mol. The molecule has 1 atom stereocenters. The summed E-state index contributed by atoms with van der Waals surface area (Å²) in [6, 6.07) is 10.5. The largest absolute Gasteiger partial charge is 0.357 e. The molecule has 3 aliphatic rings. The molecular weight excluding hydrogens is 406 g/mol. The number of fused-ring (bicyclic) bond motifs is 1. The second-order valence-electron chi connectivity index (χ2n) is 8.64. The Hall–Kier alpha value is -3.42. The van der Waals surface area contributed by atoms with E-state index in [1.54, 1.807) is 17.2 Å². The van der Waals surface area contributed by atoms with Gasteiger partial charge in [-0.2, -0.15) is 0 Å². The highest BCUT2D eigenvalue weighted by Gasteiger charge is 2.47. The van der Waals surface area contributed by atoms with Crippen molar-refractivity contribution in [3.63, 3.8) is 0 Å². The number of amides is 3. The third-order valence-corrected chi connectivity index (χ3v) is 6.34. The van der Waals surface area contributed by atoms with Crippen LogP contribution in [0.3, 0.4) is 0 Å². The number of carbonyl (C=O) groups is 3. The monoisotopic (exact) mass is 433 g/mol. The molecule has 2 fully saturated rings. The van der Waals surface area contributed by atoms with Crippen molar-refractivity contribution in [2.75, 3.05) is 24.5 Å². The van der Waals surface area contributed by atoms with Crippen molar-refractivity contribution in [2.24, 2.45) is 0 Å². The van der Waals surface area contributed by atoms with Crippen molar-refractivity contribution in [1.82, 2.24) is 20.5 Å². The lowest BCUT2D eigenvalue weighted by Gasteiger charge is -2.24. The molecule has 0 spiro atoms. The minimum atomic E-state index is -0.665. The van der Waals surface area contributed by atoms with Gasteiger partial charge >= 0.3 is 0 Å². The molecule has 2 N–H and O–H groups in total. The Morgan fingerprint density at radius 1 is 1.06 bits per heavy atom. The molecule has 5 rings (SSSR count). The third-order valence-electron chi connectivity index (χ3n) is 6.34. The Balaban J connectivity index is 1.17. The van der Waals surface area contributed by atoms with Gasteiger partial charge in [-0.05, 0) is 55.0 Å². The molecule has 1 saturated carbocycles. The molecule has 8 nitrogen and oxygen atoms in total. The van der Waals surface area contributed by atoms with Crippen molar-refractivity contribution in [3.8, 4) is 0 Å². The van der Waals surface area contributed by atoms with Crippen LogP contribution in [-0.2, 0) is 16.1 Å². The van der Waals surface area contributed by atoms with Gasteiger partial charge in [0.05, 0.1) is 6.54 Å². The number of nitrogens with one attached hydrogen (secondary N) is 2. The van der Waals surface area contributed by atoms with Gasteiger partial charge in [-0.3, -0.25) is 14.4 Å². The molecule has 1 aromatic carbocycles. The van der Waals surface area contributed by atoms with Crippen LogP contribution in [0.4, 0.5) is 5.82 Å². The van der Waals surface area contributed by atoms with Gasteiger partial charge in [-0.1, -0.05) is 18.2 Å². The quantitative estimate of drug-likeness (QED) is 0.694. The van der Waals surface area contributed by atoms with E-state index < -0.39 is 6.04 Å². The van der Waals surface area contributed by atoms with E-state index in [2.05, 4.69) is 20.5 Å². The molecule has 32 heavy (non-hydrogen) atoms. The maximum absolute atomic E-state index is 13.0.